The third-order valence-corrected chi connectivity index (χ3v) is 2.79. The molecule has 1 aromatic rings. The van der Waals surface area contributed by atoms with Crippen LogP contribution in [0.2, 0.25) is 0 Å². The van der Waals surface area contributed by atoms with Gasteiger partial charge in [0.05, 0.1) is 6.42 Å². The van der Waals surface area contributed by atoms with Gasteiger partial charge in [0.2, 0.25) is 5.82 Å². The summed E-state index contributed by atoms with van der Waals surface area (Å²) in [6, 6.07) is -0.401. The fourth-order valence-corrected chi connectivity index (χ4v) is 1.73. The van der Waals surface area contributed by atoms with E-state index in [4.69, 9.17) is 5.11 Å². The summed E-state index contributed by atoms with van der Waals surface area (Å²) in [6.07, 6.45) is 1.30. The Kier molecular flexibility index (Phi) is 5.24. The highest BCUT2D eigenvalue weighted by Crippen LogP contribution is 2.17. The van der Waals surface area contributed by atoms with Gasteiger partial charge in [0, 0.05) is 11.5 Å². The molecule has 1 atom stereocenters. The molecule has 7 nitrogen and oxygen atoms in total. The van der Waals surface area contributed by atoms with E-state index in [2.05, 4.69) is 20.5 Å². The maximum Gasteiger partial charge on any atom is 0.305 e. The smallest absolute Gasteiger partial charge is 0.305 e. The lowest BCUT2D eigenvalue weighted by Crippen LogP contribution is -2.37. The predicted octanol–water partition coefficient (Wildman–Crippen LogP) is 1.48. The molecule has 0 aromatic carbocycles. The fourth-order valence-electron chi connectivity index (χ4n) is 1.73. The van der Waals surface area contributed by atoms with E-state index in [1.165, 1.54) is 0 Å². The molecule has 112 valence electrons. The molecular weight excluding hydrogens is 260 g/mol. The Labute approximate surface area is 118 Å². The minimum atomic E-state index is -0.936. The number of aromatic nitrogens is 3. The van der Waals surface area contributed by atoms with Crippen molar-refractivity contribution in [3.05, 3.63) is 11.6 Å². The van der Waals surface area contributed by atoms with Gasteiger partial charge in [0.1, 0.15) is 5.82 Å². The molecule has 0 saturated heterocycles. The van der Waals surface area contributed by atoms with E-state index >= 15 is 0 Å². The van der Waals surface area contributed by atoms with Gasteiger partial charge in [-0.15, -0.1) is 5.10 Å². The Morgan fingerprint density at radius 2 is 2.05 bits per heavy atom. The van der Waals surface area contributed by atoms with Crippen molar-refractivity contribution in [2.24, 2.45) is 0 Å². The van der Waals surface area contributed by atoms with Crippen molar-refractivity contribution in [3.63, 3.8) is 0 Å². The second-order valence-corrected chi connectivity index (χ2v) is 5.81. The van der Waals surface area contributed by atoms with Crippen LogP contribution in [0.1, 0.15) is 63.4 Å². The summed E-state index contributed by atoms with van der Waals surface area (Å²) < 4.78 is 0. The summed E-state index contributed by atoms with van der Waals surface area (Å²) in [5.41, 5.74) is -0.227. The summed E-state index contributed by atoms with van der Waals surface area (Å²) >= 11 is 0. The zero-order chi connectivity index (χ0) is 15.3. The highest BCUT2D eigenvalue weighted by molar-refractivity contribution is 5.90. The van der Waals surface area contributed by atoms with Crippen molar-refractivity contribution in [2.75, 3.05) is 0 Å². The van der Waals surface area contributed by atoms with E-state index in [1.54, 1.807) is 0 Å². The number of carbonyl (C=O) groups is 2. The summed E-state index contributed by atoms with van der Waals surface area (Å²) in [7, 11) is 0. The molecule has 1 heterocycles. The molecule has 1 aromatic heterocycles. The highest BCUT2D eigenvalue weighted by Gasteiger charge is 2.23. The second-order valence-electron chi connectivity index (χ2n) is 5.81. The van der Waals surface area contributed by atoms with Crippen LogP contribution in [-0.2, 0) is 10.2 Å². The first-order valence-corrected chi connectivity index (χ1v) is 6.69. The number of nitrogens with one attached hydrogen (secondary N) is 2. The van der Waals surface area contributed by atoms with Crippen LogP contribution in [0.3, 0.4) is 0 Å². The van der Waals surface area contributed by atoms with Gasteiger partial charge in [-0.2, -0.15) is 0 Å². The van der Waals surface area contributed by atoms with Crippen LogP contribution in [0.15, 0.2) is 0 Å². The Balaban J connectivity index is 2.73. The van der Waals surface area contributed by atoms with Crippen molar-refractivity contribution < 1.29 is 14.7 Å². The van der Waals surface area contributed by atoms with Crippen molar-refractivity contribution in [1.82, 2.24) is 20.5 Å². The molecule has 1 unspecified atom stereocenters. The first-order valence-electron chi connectivity index (χ1n) is 6.69. The van der Waals surface area contributed by atoms with Crippen LogP contribution >= 0.6 is 0 Å². The lowest BCUT2D eigenvalue weighted by Gasteiger charge is -2.15. The first-order chi connectivity index (χ1) is 9.24. The Hall–Kier alpha value is -1.92. The minimum absolute atomic E-state index is 0.0430. The molecule has 0 bridgehead atoms. The van der Waals surface area contributed by atoms with Crippen LogP contribution in [0.5, 0.6) is 0 Å². The van der Waals surface area contributed by atoms with Gasteiger partial charge >= 0.3 is 5.97 Å². The van der Waals surface area contributed by atoms with Crippen LogP contribution < -0.4 is 5.32 Å². The number of rotatable bonds is 6. The van der Waals surface area contributed by atoms with Gasteiger partial charge < -0.3 is 10.4 Å². The van der Waals surface area contributed by atoms with Gasteiger partial charge in [-0.3, -0.25) is 14.7 Å². The third kappa shape index (κ3) is 4.64. The van der Waals surface area contributed by atoms with Crippen molar-refractivity contribution in [3.8, 4) is 0 Å². The summed E-state index contributed by atoms with van der Waals surface area (Å²) in [5, 5.41) is 18.1. The number of aliphatic carboxylic acids is 1. The van der Waals surface area contributed by atoms with Crippen LogP contribution in [0.25, 0.3) is 0 Å². The molecule has 7 heteroatoms. The van der Waals surface area contributed by atoms with Gasteiger partial charge in [0.15, 0.2) is 0 Å². The maximum absolute atomic E-state index is 12.0. The highest BCUT2D eigenvalue weighted by atomic mass is 16.4. The summed E-state index contributed by atoms with van der Waals surface area (Å²) in [6.45, 7) is 7.81. The van der Waals surface area contributed by atoms with Crippen LogP contribution in [0.4, 0.5) is 0 Å². The number of hydrogen-bond donors (Lipinski definition) is 3. The number of amides is 1. The molecule has 1 amide bonds. The second kappa shape index (κ2) is 6.49. The van der Waals surface area contributed by atoms with Crippen LogP contribution in [-0.4, -0.2) is 38.2 Å². The fraction of sp³-hybridized carbons (Fsp3) is 0.692. The average molecular weight is 282 g/mol. The van der Waals surface area contributed by atoms with E-state index in [9.17, 15) is 9.59 Å². The lowest BCUT2D eigenvalue weighted by atomic mass is 9.96. The van der Waals surface area contributed by atoms with Crippen molar-refractivity contribution in [2.45, 2.75) is 58.4 Å². The van der Waals surface area contributed by atoms with Crippen LogP contribution in [0, 0.1) is 0 Å². The number of nitrogens with zero attached hydrogens (tertiary/aromatic N) is 2. The third-order valence-electron chi connectivity index (χ3n) is 2.79. The molecule has 0 aliphatic carbocycles. The monoisotopic (exact) mass is 282 g/mol. The van der Waals surface area contributed by atoms with E-state index in [-0.39, 0.29) is 17.7 Å². The molecule has 0 aliphatic rings. The number of carboxylic acid groups (broad SMARTS) is 1. The Morgan fingerprint density at radius 3 is 2.50 bits per heavy atom. The molecule has 20 heavy (non-hydrogen) atoms. The molecule has 0 fully saturated rings. The van der Waals surface area contributed by atoms with Gasteiger partial charge in [-0.1, -0.05) is 34.1 Å². The molecule has 0 saturated carbocycles. The molecule has 0 aliphatic heterocycles. The Morgan fingerprint density at radius 1 is 1.40 bits per heavy atom. The Bertz CT molecular complexity index is 476. The van der Waals surface area contributed by atoms with E-state index in [1.807, 2.05) is 27.7 Å². The predicted molar refractivity (Wildman–Crippen MR) is 73.5 cm³/mol. The SMILES string of the molecule is CCCC(CC(=O)O)NC(=O)c1n[nH]c(C(C)(C)C)n1. The average Bonchev–Trinajstić information content (AvgIpc) is 2.76. The van der Waals surface area contributed by atoms with Gasteiger partial charge in [-0.05, 0) is 6.42 Å². The maximum atomic E-state index is 12.0. The van der Waals surface area contributed by atoms with Gasteiger partial charge in [-0.25, -0.2) is 4.98 Å². The van der Waals surface area contributed by atoms with Crippen molar-refractivity contribution in [1.29, 1.82) is 0 Å². The normalized spacial score (nSPS) is 13.0. The zero-order valence-corrected chi connectivity index (χ0v) is 12.4. The van der Waals surface area contributed by atoms with E-state index in [0.717, 1.165) is 6.42 Å². The number of carboxylic acids is 1. The van der Waals surface area contributed by atoms with Crippen molar-refractivity contribution >= 4 is 11.9 Å². The summed E-state index contributed by atoms with van der Waals surface area (Å²) in [4.78, 5) is 26.9. The standard InChI is InChI=1S/C13H22N4O3/c1-5-6-8(7-9(18)19)14-11(20)10-15-12(17-16-10)13(2,3)4/h8H,5-7H2,1-4H3,(H,14,20)(H,18,19)(H,15,16,17). The quantitative estimate of drug-likeness (QED) is 0.732. The lowest BCUT2D eigenvalue weighted by molar-refractivity contribution is -0.137. The molecule has 3 N–H and O–H groups in total. The molecule has 1 rings (SSSR count). The molecule has 0 spiro atoms. The zero-order valence-electron chi connectivity index (χ0n) is 12.4. The number of H-pyrrole nitrogens is 1. The summed E-state index contributed by atoms with van der Waals surface area (Å²) in [5.74, 6) is -0.722. The number of hydrogen-bond acceptors (Lipinski definition) is 4. The van der Waals surface area contributed by atoms with Gasteiger partial charge in [0.25, 0.3) is 5.91 Å². The number of aromatic amines is 1. The number of carbonyl (C=O) groups excluding carboxylic acids is 1. The largest absolute Gasteiger partial charge is 0.481 e. The van der Waals surface area contributed by atoms with E-state index in [0.29, 0.717) is 12.2 Å². The topological polar surface area (TPSA) is 108 Å². The minimum Gasteiger partial charge on any atom is -0.481 e. The molecule has 0 radical (unpaired) electrons. The van der Waals surface area contributed by atoms with E-state index < -0.39 is 17.9 Å². The molecular formula is C13H22N4O3. The first kappa shape index (κ1) is 16.1.